The van der Waals surface area contributed by atoms with Gasteiger partial charge in [0.1, 0.15) is 5.41 Å². The standard InChI is InChI=1S/C15H18N2O3/c1-4-15(5-2)12(18)16-14(20)17(13(15)19)11-9-7-6-8-10(11)3/h6-9H,4-5H2,1-3H3,(H,16,18,20). The quantitative estimate of drug-likeness (QED) is 0.860. The number of amides is 4. The van der Waals surface area contributed by atoms with Gasteiger partial charge in [0.05, 0.1) is 5.69 Å². The molecule has 0 atom stereocenters. The van der Waals surface area contributed by atoms with Crippen LogP contribution in [0.3, 0.4) is 0 Å². The first kappa shape index (κ1) is 14.2. The number of nitrogens with zero attached hydrogens (tertiary/aromatic N) is 1. The molecule has 4 amide bonds. The number of hydrogen-bond acceptors (Lipinski definition) is 3. The largest absolute Gasteiger partial charge is 0.335 e. The number of nitrogens with one attached hydrogen (secondary N) is 1. The molecule has 106 valence electrons. The van der Waals surface area contributed by atoms with Crippen LogP contribution in [-0.2, 0) is 9.59 Å². The zero-order valence-electron chi connectivity index (χ0n) is 11.9. The molecule has 1 aromatic carbocycles. The lowest BCUT2D eigenvalue weighted by Crippen LogP contribution is -2.64. The highest BCUT2D eigenvalue weighted by Gasteiger charge is 2.52. The third-order valence-electron chi connectivity index (χ3n) is 4.03. The zero-order chi connectivity index (χ0) is 14.9. The Labute approximate surface area is 118 Å². The fourth-order valence-electron chi connectivity index (χ4n) is 2.58. The maximum atomic E-state index is 12.7. The van der Waals surface area contributed by atoms with E-state index in [-0.39, 0.29) is 0 Å². The second kappa shape index (κ2) is 5.07. The Morgan fingerprint density at radius 2 is 1.70 bits per heavy atom. The van der Waals surface area contributed by atoms with Gasteiger partial charge >= 0.3 is 6.03 Å². The lowest BCUT2D eigenvalue weighted by atomic mass is 9.78. The lowest BCUT2D eigenvalue weighted by molar-refractivity contribution is -0.143. The lowest BCUT2D eigenvalue weighted by Gasteiger charge is -2.38. The van der Waals surface area contributed by atoms with Crippen molar-refractivity contribution in [1.82, 2.24) is 5.32 Å². The van der Waals surface area contributed by atoms with E-state index in [4.69, 9.17) is 0 Å². The summed E-state index contributed by atoms with van der Waals surface area (Å²) in [6.45, 7) is 5.39. The smallest absolute Gasteiger partial charge is 0.276 e. The van der Waals surface area contributed by atoms with Gasteiger partial charge in [0.2, 0.25) is 5.91 Å². The van der Waals surface area contributed by atoms with Crippen LogP contribution in [0.5, 0.6) is 0 Å². The van der Waals surface area contributed by atoms with Gasteiger partial charge < -0.3 is 0 Å². The van der Waals surface area contributed by atoms with Crippen LogP contribution in [-0.4, -0.2) is 17.8 Å². The summed E-state index contributed by atoms with van der Waals surface area (Å²) in [5, 5.41) is 2.31. The van der Waals surface area contributed by atoms with E-state index in [1.54, 1.807) is 26.0 Å². The summed E-state index contributed by atoms with van der Waals surface area (Å²) in [7, 11) is 0. The monoisotopic (exact) mass is 274 g/mol. The Kier molecular flexibility index (Phi) is 3.61. The highest BCUT2D eigenvalue weighted by Crippen LogP contribution is 2.35. The molecule has 0 saturated carbocycles. The SMILES string of the molecule is CCC1(CC)C(=O)NC(=O)N(c2ccccc2C)C1=O. The summed E-state index contributed by atoms with van der Waals surface area (Å²) in [6.07, 6.45) is 0.730. The number of carbonyl (C=O) groups is 3. The van der Waals surface area contributed by atoms with Gasteiger partial charge in [-0.2, -0.15) is 0 Å². The summed E-state index contributed by atoms with van der Waals surface area (Å²) in [4.78, 5) is 38.0. The Morgan fingerprint density at radius 1 is 1.10 bits per heavy atom. The molecule has 2 rings (SSSR count). The molecule has 0 aromatic heterocycles. The van der Waals surface area contributed by atoms with Gasteiger partial charge in [-0.05, 0) is 31.4 Å². The highest BCUT2D eigenvalue weighted by atomic mass is 16.2. The van der Waals surface area contributed by atoms with E-state index in [0.717, 1.165) is 10.5 Å². The molecule has 5 heteroatoms. The summed E-state index contributed by atoms with van der Waals surface area (Å²) in [5.74, 6) is -0.937. The third kappa shape index (κ3) is 1.90. The van der Waals surface area contributed by atoms with Crippen LogP contribution in [0.1, 0.15) is 32.3 Å². The number of barbiturate groups is 1. The molecule has 20 heavy (non-hydrogen) atoms. The minimum Gasteiger partial charge on any atom is -0.276 e. The average molecular weight is 274 g/mol. The maximum Gasteiger partial charge on any atom is 0.335 e. The minimum absolute atomic E-state index is 0.365. The van der Waals surface area contributed by atoms with Gasteiger partial charge in [-0.3, -0.25) is 14.9 Å². The minimum atomic E-state index is -1.16. The Morgan fingerprint density at radius 3 is 2.25 bits per heavy atom. The molecule has 1 heterocycles. The second-order valence-electron chi connectivity index (χ2n) is 4.98. The van der Waals surface area contributed by atoms with E-state index >= 15 is 0 Å². The number of anilines is 1. The molecule has 1 aromatic rings. The molecule has 1 saturated heterocycles. The van der Waals surface area contributed by atoms with E-state index in [0.29, 0.717) is 18.5 Å². The van der Waals surface area contributed by atoms with E-state index in [2.05, 4.69) is 5.32 Å². The van der Waals surface area contributed by atoms with Crippen molar-refractivity contribution in [2.75, 3.05) is 4.90 Å². The van der Waals surface area contributed by atoms with Crippen LogP contribution in [0.25, 0.3) is 0 Å². The first-order valence-electron chi connectivity index (χ1n) is 6.73. The molecule has 1 N–H and O–H groups in total. The topological polar surface area (TPSA) is 66.5 Å². The predicted molar refractivity (Wildman–Crippen MR) is 75.2 cm³/mol. The summed E-state index contributed by atoms with van der Waals surface area (Å²) < 4.78 is 0. The number of hydrogen-bond donors (Lipinski definition) is 1. The molecule has 1 aliphatic rings. The zero-order valence-corrected chi connectivity index (χ0v) is 11.9. The van der Waals surface area contributed by atoms with Crippen LogP contribution >= 0.6 is 0 Å². The number of rotatable bonds is 3. The number of urea groups is 1. The third-order valence-corrected chi connectivity index (χ3v) is 4.03. The second-order valence-corrected chi connectivity index (χ2v) is 4.98. The van der Waals surface area contributed by atoms with E-state index < -0.39 is 23.3 Å². The van der Waals surface area contributed by atoms with E-state index in [1.807, 2.05) is 19.1 Å². The van der Waals surface area contributed by atoms with Crippen molar-refractivity contribution in [2.45, 2.75) is 33.6 Å². The summed E-state index contributed by atoms with van der Waals surface area (Å²) in [5.41, 5.74) is 0.177. The molecule has 0 bridgehead atoms. The van der Waals surface area contributed by atoms with Gasteiger partial charge in [0.15, 0.2) is 0 Å². The number of para-hydroxylation sites is 1. The van der Waals surface area contributed by atoms with Crippen LogP contribution in [0.2, 0.25) is 0 Å². The fourth-order valence-corrected chi connectivity index (χ4v) is 2.58. The highest BCUT2D eigenvalue weighted by molar-refractivity contribution is 6.30. The van der Waals surface area contributed by atoms with Gasteiger partial charge in [-0.15, -0.1) is 0 Å². The average Bonchev–Trinajstić information content (AvgIpc) is 2.42. The van der Waals surface area contributed by atoms with Crippen molar-refractivity contribution in [3.8, 4) is 0 Å². The first-order valence-corrected chi connectivity index (χ1v) is 6.73. The predicted octanol–water partition coefficient (Wildman–Crippen LogP) is 2.38. The number of aryl methyl sites for hydroxylation is 1. The fraction of sp³-hybridized carbons (Fsp3) is 0.400. The van der Waals surface area contributed by atoms with Crippen LogP contribution in [0.15, 0.2) is 24.3 Å². The number of imide groups is 2. The van der Waals surface area contributed by atoms with Gasteiger partial charge in [-0.25, -0.2) is 9.69 Å². The van der Waals surface area contributed by atoms with Crippen molar-refractivity contribution in [3.05, 3.63) is 29.8 Å². The van der Waals surface area contributed by atoms with Gasteiger partial charge in [-0.1, -0.05) is 32.0 Å². The molecule has 1 aliphatic heterocycles. The van der Waals surface area contributed by atoms with E-state index in [1.165, 1.54) is 0 Å². The summed E-state index contributed by atoms with van der Waals surface area (Å²) in [6, 6.07) is 6.46. The van der Waals surface area contributed by atoms with Crippen LogP contribution < -0.4 is 10.2 Å². The molecule has 0 unspecified atom stereocenters. The van der Waals surface area contributed by atoms with Crippen molar-refractivity contribution < 1.29 is 14.4 Å². The molecular weight excluding hydrogens is 256 g/mol. The van der Waals surface area contributed by atoms with E-state index in [9.17, 15) is 14.4 Å². The maximum absolute atomic E-state index is 12.7. The molecule has 0 radical (unpaired) electrons. The first-order chi connectivity index (χ1) is 9.47. The molecule has 1 fully saturated rings. The van der Waals surface area contributed by atoms with Crippen molar-refractivity contribution in [2.24, 2.45) is 5.41 Å². The normalized spacial score (nSPS) is 18.1. The Hall–Kier alpha value is -2.17. The Bertz CT molecular complexity index is 576. The molecule has 5 nitrogen and oxygen atoms in total. The summed E-state index contributed by atoms with van der Waals surface area (Å²) >= 11 is 0. The van der Waals surface area contributed by atoms with Crippen LogP contribution in [0, 0.1) is 12.3 Å². The molecule has 0 aliphatic carbocycles. The van der Waals surface area contributed by atoms with Crippen molar-refractivity contribution >= 4 is 23.5 Å². The molecular formula is C15H18N2O3. The number of benzene rings is 1. The van der Waals surface area contributed by atoms with Crippen molar-refractivity contribution in [3.63, 3.8) is 0 Å². The van der Waals surface area contributed by atoms with Crippen LogP contribution in [0.4, 0.5) is 10.5 Å². The van der Waals surface area contributed by atoms with Gasteiger partial charge in [0.25, 0.3) is 5.91 Å². The van der Waals surface area contributed by atoms with Gasteiger partial charge in [0, 0.05) is 0 Å². The van der Waals surface area contributed by atoms with Crippen molar-refractivity contribution in [1.29, 1.82) is 0 Å². The number of carbonyl (C=O) groups excluding carboxylic acids is 3. The Balaban J connectivity index is 2.54. The molecule has 0 spiro atoms.